The van der Waals surface area contributed by atoms with Crippen molar-refractivity contribution in [3.63, 3.8) is 0 Å². The van der Waals surface area contributed by atoms with Crippen LogP contribution in [0.2, 0.25) is 0 Å². The topological polar surface area (TPSA) is 123 Å². The Labute approximate surface area is 193 Å². The molecule has 0 saturated heterocycles. The Morgan fingerprint density at radius 2 is 1.79 bits per heavy atom. The van der Waals surface area contributed by atoms with Gasteiger partial charge in [0.1, 0.15) is 6.61 Å². The number of nitrogens with one attached hydrogen (secondary N) is 1. The van der Waals surface area contributed by atoms with Crippen LogP contribution in [0.5, 0.6) is 17.2 Å². The Hall–Kier alpha value is -3.97. The summed E-state index contributed by atoms with van der Waals surface area (Å²) >= 11 is 0. The molecule has 3 aromatic rings. The summed E-state index contributed by atoms with van der Waals surface area (Å²) in [7, 11) is 3.14. The lowest BCUT2D eigenvalue weighted by molar-refractivity contribution is 0.215. The summed E-state index contributed by atoms with van der Waals surface area (Å²) in [4.78, 5) is 6.57. The number of rotatable bonds is 11. The van der Waals surface area contributed by atoms with Crippen molar-refractivity contribution in [2.75, 3.05) is 51.5 Å². The minimum Gasteiger partial charge on any atom is -0.493 e. The normalized spacial score (nSPS) is 10.7. The molecular formula is C23H29N7O3. The highest BCUT2D eigenvalue weighted by molar-refractivity contribution is 5.66. The molecule has 10 heteroatoms. The Morgan fingerprint density at radius 3 is 2.39 bits per heavy atom. The monoisotopic (exact) mass is 451 g/mol. The molecule has 3 N–H and O–H groups in total. The molecule has 0 aliphatic carbocycles. The lowest BCUT2D eigenvalue weighted by Gasteiger charge is -2.20. The minimum absolute atomic E-state index is 0.109. The van der Waals surface area contributed by atoms with E-state index in [1.807, 2.05) is 6.07 Å². The molecule has 10 nitrogen and oxygen atoms in total. The molecule has 0 spiro atoms. The molecule has 174 valence electrons. The Bertz CT molecular complexity index is 1100. The Kier molecular flexibility index (Phi) is 7.94. The van der Waals surface area contributed by atoms with Crippen molar-refractivity contribution < 1.29 is 14.2 Å². The van der Waals surface area contributed by atoms with Gasteiger partial charge >= 0.3 is 0 Å². The zero-order valence-electron chi connectivity index (χ0n) is 19.3. The second kappa shape index (κ2) is 11.1. The lowest BCUT2D eigenvalue weighted by atomic mass is 10.2. The van der Waals surface area contributed by atoms with Crippen LogP contribution in [0.15, 0.2) is 36.4 Å². The smallest absolute Gasteiger partial charge is 0.241 e. The molecule has 0 bridgehead atoms. The number of nitrogens with two attached hydrogens (primary N) is 1. The van der Waals surface area contributed by atoms with Crippen molar-refractivity contribution in [3.05, 3.63) is 42.0 Å². The molecule has 0 unspecified atom stereocenters. The van der Waals surface area contributed by atoms with Gasteiger partial charge in [0.05, 0.1) is 31.5 Å². The maximum absolute atomic E-state index is 9.04. The van der Waals surface area contributed by atoms with Crippen molar-refractivity contribution in [1.82, 2.24) is 19.7 Å². The van der Waals surface area contributed by atoms with Crippen LogP contribution < -0.4 is 25.3 Å². The van der Waals surface area contributed by atoms with Crippen LogP contribution in [0.4, 0.5) is 17.6 Å². The maximum atomic E-state index is 9.04. The Balaban J connectivity index is 1.90. The van der Waals surface area contributed by atoms with Gasteiger partial charge in [-0.25, -0.2) is 0 Å². The first-order valence-electron chi connectivity index (χ1n) is 10.6. The van der Waals surface area contributed by atoms with E-state index in [0.29, 0.717) is 46.7 Å². The fraction of sp³-hybridized carbons (Fsp3) is 0.348. The molecule has 0 aliphatic rings. The second-order valence-electron chi connectivity index (χ2n) is 7.07. The zero-order chi connectivity index (χ0) is 23.8. The highest BCUT2D eigenvalue weighted by atomic mass is 16.5. The number of benzene rings is 2. The summed E-state index contributed by atoms with van der Waals surface area (Å²) in [5.74, 6) is 2.08. The Morgan fingerprint density at radius 1 is 1.09 bits per heavy atom. The molecule has 2 aromatic carbocycles. The third kappa shape index (κ3) is 5.64. The van der Waals surface area contributed by atoms with Crippen LogP contribution in [0, 0.1) is 11.3 Å². The van der Waals surface area contributed by atoms with Gasteiger partial charge in [-0.15, -0.1) is 5.10 Å². The molecule has 0 aliphatic heterocycles. The number of nitriles is 1. The first-order chi connectivity index (χ1) is 16.0. The van der Waals surface area contributed by atoms with E-state index in [1.54, 1.807) is 49.2 Å². The van der Waals surface area contributed by atoms with Crippen molar-refractivity contribution in [1.29, 1.82) is 5.26 Å². The number of likely N-dealkylation sites (N-methyl/N-ethyl adjacent to an activating group) is 1. The molecular weight excluding hydrogens is 422 g/mol. The van der Waals surface area contributed by atoms with E-state index in [2.05, 4.69) is 40.2 Å². The SMILES string of the molecule is CCN(CC)CCOc1cc(Nc2nc(N)nn2-c2ccc(C#N)cc2)cc(OC)c1OC. The summed E-state index contributed by atoms with van der Waals surface area (Å²) in [6.45, 7) is 7.43. The van der Waals surface area contributed by atoms with E-state index in [-0.39, 0.29) is 5.95 Å². The first kappa shape index (κ1) is 23.7. The van der Waals surface area contributed by atoms with Crippen LogP contribution in [-0.4, -0.2) is 60.1 Å². The van der Waals surface area contributed by atoms with E-state index >= 15 is 0 Å². The summed E-state index contributed by atoms with van der Waals surface area (Å²) in [6, 6.07) is 12.6. The summed E-state index contributed by atoms with van der Waals surface area (Å²) in [5.41, 5.74) is 7.78. The third-order valence-electron chi connectivity index (χ3n) is 5.12. The van der Waals surface area contributed by atoms with E-state index < -0.39 is 0 Å². The van der Waals surface area contributed by atoms with Crippen LogP contribution in [0.25, 0.3) is 5.69 Å². The van der Waals surface area contributed by atoms with Crippen molar-refractivity contribution in [2.45, 2.75) is 13.8 Å². The van der Waals surface area contributed by atoms with Gasteiger partial charge in [-0.3, -0.25) is 0 Å². The summed E-state index contributed by atoms with van der Waals surface area (Å²) < 4.78 is 18.7. The predicted octanol–water partition coefficient (Wildman–Crippen LogP) is 3.20. The van der Waals surface area contributed by atoms with Gasteiger partial charge in [0.15, 0.2) is 11.5 Å². The van der Waals surface area contributed by atoms with Gasteiger partial charge in [-0.1, -0.05) is 13.8 Å². The molecule has 0 radical (unpaired) electrons. The number of methoxy groups -OCH3 is 2. The van der Waals surface area contributed by atoms with Crippen LogP contribution >= 0.6 is 0 Å². The number of nitrogen functional groups attached to an aromatic ring is 1. The van der Waals surface area contributed by atoms with Crippen molar-refractivity contribution in [2.24, 2.45) is 0 Å². The molecule has 0 atom stereocenters. The van der Waals surface area contributed by atoms with Crippen LogP contribution in [0.1, 0.15) is 19.4 Å². The fourth-order valence-electron chi connectivity index (χ4n) is 3.33. The zero-order valence-corrected chi connectivity index (χ0v) is 19.3. The number of aromatic nitrogens is 3. The van der Waals surface area contributed by atoms with E-state index in [0.717, 1.165) is 19.6 Å². The summed E-state index contributed by atoms with van der Waals surface area (Å²) in [5, 5.41) is 16.5. The first-order valence-corrected chi connectivity index (χ1v) is 10.6. The van der Waals surface area contributed by atoms with Gasteiger partial charge in [-0.05, 0) is 37.4 Å². The van der Waals surface area contributed by atoms with Gasteiger partial charge in [0.25, 0.3) is 0 Å². The number of hydrogen-bond acceptors (Lipinski definition) is 9. The van der Waals surface area contributed by atoms with Gasteiger partial charge in [-0.2, -0.15) is 14.9 Å². The third-order valence-corrected chi connectivity index (χ3v) is 5.12. The fourth-order valence-corrected chi connectivity index (χ4v) is 3.33. The molecule has 3 rings (SSSR count). The molecule has 1 aromatic heterocycles. The summed E-state index contributed by atoms with van der Waals surface area (Å²) in [6.07, 6.45) is 0. The van der Waals surface area contributed by atoms with Crippen LogP contribution in [0.3, 0.4) is 0 Å². The standard InChI is InChI=1S/C23H29N7O3/c1-5-29(6-2)11-12-33-20-14-17(13-19(31-3)21(20)32-4)26-23-27-22(25)28-30(23)18-9-7-16(15-24)8-10-18/h7-10,13-14H,5-6,11-12H2,1-4H3,(H3,25,26,27,28). The second-order valence-corrected chi connectivity index (χ2v) is 7.07. The van der Waals surface area contributed by atoms with Gasteiger partial charge in [0.2, 0.25) is 17.6 Å². The minimum atomic E-state index is 0.109. The number of hydrogen-bond donors (Lipinski definition) is 2. The molecule has 0 amide bonds. The van der Waals surface area contributed by atoms with Gasteiger partial charge in [0, 0.05) is 24.4 Å². The molecule has 0 fully saturated rings. The van der Waals surface area contributed by atoms with E-state index in [9.17, 15) is 0 Å². The lowest BCUT2D eigenvalue weighted by Crippen LogP contribution is -2.28. The predicted molar refractivity (Wildman–Crippen MR) is 127 cm³/mol. The number of ether oxygens (including phenoxy) is 3. The number of anilines is 3. The largest absolute Gasteiger partial charge is 0.493 e. The maximum Gasteiger partial charge on any atom is 0.241 e. The number of nitrogens with zero attached hydrogens (tertiary/aromatic N) is 5. The van der Waals surface area contributed by atoms with Crippen LogP contribution in [-0.2, 0) is 0 Å². The van der Waals surface area contributed by atoms with E-state index in [4.69, 9.17) is 25.2 Å². The average molecular weight is 452 g/mol. The van der Waals surface area contributed by atoms with E-state index in [1.165, 1.54) is 0 Å². The average Bonchev–Trinajstić information content (AvgIpc) is 3.21. The quantitative estimate of drug-likeness (QED) is 0.452. The highest BCUT2D eigenvalue weighted by Crippen LogP contribution is 2.41. The molecule has 1 heterocycles. The molecule has 33 heavy (non-hydrogen) atoms. The molecule has 0 saturated carbocycles. The van der Waals surface area contributed by atoms with Gasteiger partial charge < -0.3 is 30.2 Å². The van der Waals surface area contributed by atoms with Crippen molar-refractivity contribution in [3.8, 4) is 29.0 Å². The highest BCUT2D eigenvalue weighted by Gasteiger charge is 2.17. The van der Waals surface area contributed by atoms with Crippen molar-refractivity contribution >= 4 is 17.6 Å².